The monoisotopic (exact) mass is 192 g/mol. The summed E-state index contributed by atoms with van der Waals surface area (Å²) < 4.78 is 20.9. The lowest BCUT2D eigenvalue weighted by Gasteiger charge is -1.81. The number of aliphatic carboxylic acids is 1. The summed E-state index contributed by atoms with van der Waals surface area (Å²) in [7, 11) is -2.55. The molecule has 0 spiro atoms. The van der Waals surface area contributed by atoms with Crippen LogP contribution in [0.15, 0.2) is 12.7 Å². The van der Waals surface area contributed by atoms with Crippen LogP contribution < -0.4 is 0 Å². The van der Waals surface area contributed by atoms with Gasteiger partial charge in [0.15, 0.2) is 0 Å². The molecule has 0 bridgehead atoms. The Morgan fingerprint density at radius 2 is 1.67 bits per heavy atom. The maximum absolute atomic E-state index is 10.4. The molecule has 0 saturated carbocycles. The van der Waals surface area contributed by atoms with Crippen LogP contribution in [0, 0.1) is 0 Å². The van der Waals surface area contributed by atoms with E-state index in [1.54, 1.807) is 0 Å². The molecular formula is C7H12O4S. The molecule has 0 atom stereocenters. The molecule has 0 aromatic carbocycles. The molecule has 12 heavy (non-hydrogen) atoms. The van der Waals surface area contributed by atoms with Gasteiger partial charge >= 0.3 is 5.97 Å². The fourth-order valence-electron chi connectivity index (χ4n) is 0.746. The van der Waals surface area contributed by atoms with E-state index in [9.17, 15) is 13.2 Å². The van der Waals surface area contributed by atoms with Gasteiger partial charge in [0.2, 0.25) is 0 Å². The third kappa shape index (κ3) is 5.91. The van der Waals surface area contributed by atoms with E-state index in [0.29, 0.717) is 11.5 Å². The Morgan fingerprint density at radius 1 is 1.33 bits per heavy atom. The van der Waals surface area contributed by atoms with E-state index in [1.165, 1.54) is 0 Å². The first-order valence-electron chi connectivity index (χ1n) is 3.54. The quantitative estimate of drug-likeness (QED) is 0.612. The van der Waals surface area contributed by atoms with Crippen molar-refractivity contribution in [2.75, 3.05) is 11.5 Å². The molecule has 1 aliphatic rings. The van der Waals surface area contributed by atoms with Crippen molar-refractivity contribution in [3.8, 4) is 0 Å². The number of carbonyl (C=O) groups is 1. The van der Waals surface area contributed by atoms with Crippen LogP contribution in [0.1, 0.15) is 12.8 Å². The molecule has 0 radical (unpaired) electrons. The number of carboxylic acid groups (broad SMARTS) is 1. The topological polar surface area (TPSA) is 71.4 Å². The predicted molar refractivity (Wildman–Crippen MR) is 45.7 cm³/mol. The minimum atomic E-state index is -2.55. The molecule has 0 aliphatic carbocycles. The molecule has 70 valence electrons. The lowest BCUT2D eigenvalue weighted by atomic mass is 10.4. The number of sulfone groups is 1. The largest absolute Gasteiger partial charge is 0.478 e. The SMILES string of the molecule is C=CC(=O)O.O=S1(=O)CCCC1. The lowest BCUT2D eigenvalue weighted by molar-refractivity contribution is -0.131. The van der Waals surface area contributed by atoms with Crippen LogP contribution in [0.2, 0.25) is 0 Å². The zero-order valence-corrected chi connectivity index (χ0v) is 7.51. The van der Waals surface area contributed by atoms with Crippen LogP contribution in [0.25, 0.3) is 0 Å². The van der Waals surface area contributed by atoms with Crippen LogP contribution in [-0.2, 0) is 14.6 Å². The van der Waals surface area contributed by atoms with Gasteiger partial charge in [-0.15, -0.1) is 0 Å². The highest BCUT2D eigenvalue weighted by Gasteiger charge is 2.16. The molecule has 0 aromatic heterocycles. The van der Waals surface area contributed by atoms with Gasteiger partial charge < -0.3 is 5.11 Å². The first-order valence-corrected chi connectivity index (χ1v) is 5.36. The van der Waals surface area contributed by atoms with Gasteiger partial charge in [-0.3, -0.25) is 0 Å². The van der Waals surface area contributed by atoms with Crippen molar-refractivity contribution in [3.63, 3.8) is 0 Å². The van der Waals surface area contributed by atoms with Crippen LogP contribution in [0.3, 0.4) is 0 Å². The molecule has 5 heteroatoms. The normalized spacial score (nSPS) is 19.0. The number of rotatable bonds is 1. The lowest BCUT2D eigenvalue weighted by Crippen LogP contribution is -1.98. The molecule has 0 amide bonds. The van der Waals surface area contributed by atoms with Gasteiger partial charge in [-0.2, -0.15) is 0 Å². The van der Waals surface area contributed by atoms with Gasteiger partial charge in [0.25, 0.3) is 0 Å². The first kappa shape index (κ1) is 11.2. The molecule has 1 aliphatic heterocycles. The highest BCUT2D eigenvalue weighted by atomic mass is 32.2. The Labute approximate surface area is 71.8 Å². The maximum atomic E-state index is 10.4. The number of hydrogen-bond donors (Lipinski definition) is 1. The highest BCUT2D eigenvalue weighted by molar-refractivity contribution is 7.91. The Morgan fingerprint density at radius 3 is 1.75 bits per heavy atom. The molecule has 1 heterocycles. The number of hydrogen-bond acceptors (Lipinski definition) is 3. The minimum absolute atomic E-state index is 0.424. The Balaban J connectivity index is 0.000000217. The van der Waals surface area contributed by atoms with Gasteiger partial charge in [0.05, 0.1) is 11.5 Å². The van der Waals surface area contributed by atoms with Crippen LogP contribution in [0.5, 0.6) is 0 Å². The Hall–Kier alpha value is -0.840. The van der Waals surface area contributed by atoms with Crippen LogP contribution in [0.4, 0.5) is 0 Å². The molecule has 1 N–H and O–H groups in total. The molecule has 1 saturated heterocycles. The molecular weight excluding hydrogens is 180 g/mol. The summed E-state index contributed by atoms with van der Waals surface area (Å²) in [4.78, 5) is 9.25. The van der Waals surface area contributed by atoms with E-state index in [1.807, 2.05) is 0 Å². The summed E-state index contributed by atoms with van der Waals surface area (Å²) in [5, 5.41) is 7.60. The van der Waals surface area contributed by atoms with E-state index >= 15 is 0 Å². The van der Waals surface area contributed by atoms with Crippen LogP contribution >= 0.6 is 0 Å². The highest BCUT2D eigenvalue weighted by Crippen LogP contribution is 2.08. The van der Waals surface area contributed by atoms with Gasteiger partial charge in [0, 0.05) is 6.08 Å². The molecule has 0 unspecified atom stereocenters. The average Bonchev–Trinajstić information content (AvgIpc) is 2.35. The second-order valence-electron chi connectivity index (χ2n) is 2.40. The zero-order valence-electron chi connectivity index (χ0n) is 6.69. The van der Waals surface area contributed by atoms with Gasteiger partial charge in [-0.05, 0) is 12.8 Å². The van der Waals surface area contributed by atoms with Gasteiger partial charge in [-0.25, -0.2) is 13.2 Å². The van der Waals surface area contributed by atoms with Crippen molar-refractivity contribution in [1.82, 2.24) is 0 Å². The van der Waals surface area contributed by atoms with E-state index in [0.717, 1.165) is 18.9 Å². The van der Waals surface area contributed by atoms with Crippen molar-refractivity contribution < 1.29 is 18.3 Å². The third-order valence-corrected chi connectivity index (χ3v) is 3.16. The van der Waals surface area contributed by atoms with Crippen molar-refractivity contribution >= 4 is 15.8 Å². The van der Waals surface area contributed by atoms with Crippen molar-refractivity contribution in [1.29, 1.82) is 0 Å². The standard InChI is InChI=1S/C4H8O2S.C3H4O2/c5-7(6)3-1-2-4-7;1-2-3(4)5/h1-4H2;2H,1H2,(H,4,5). The van der Waals surface area contributed by atoms with Gasteiger partial charge in [-0.1, -0.05) is 6.58 Å². The number of carboxylic acids is 1. The van der Waals surface area contributed by atoms with Gasteiger partial charge in [0.1, 0.15) is 9.84 Å². The van der Waals surface area contributed by atoms with E-state index in [4.69, 9.17) is 5.11 Å². The first-order chi connectivity index (χ1) is 5.48. The second-order valence-corrected chi connectivity index (χ2v) is 4.70. The smallest absolute Gasteiger partial charge is 0.327 e. The predicted octanol–water partition coefficient (Wildman–Crippen LogP) is 0.452. The van der Waals surface area contributed by atoms with E-state index in [2.05, 4.69) is 6.58 Å². The fourth-order valence-corrected chi connectivity index (χ4v) is 2.24. The summed E-state index contributed by atoms with van der Waals surface area (Å²) >= 11 is 0. The van der Waals surface area contributed by atoms with E-state index in [-0.39, 0.29) is 0 Å². The van der Waals surface area contributed by atoms with Crippen molar-refractivity contribution in [3.05, 3.63) is 12.7 Å². The summed E-state index contributed by atoms with van der Waals surface area (Å²) in [6, 6.07) is 0. The third-order valence-electron chi connectivity index (χ3n) is 1.34. The zero-order chi connectivity index (χ0) is 9.61. The Bertz CT molecular complexity index is 241. The molecule has 0 aromatic rings. The Kier molecular flexibility index (Phi) is 4.58. The van der Waals surface area contributed by atoms with E-state index < -0.39 is 15.8 Å². The summed E-state index contributed by atoms with van der Waals surface area (Å²) in [5.41, 5.74) is 0. The second kappa shape index (κ2) is 4.92. The molecule has 4 nitrogen and oxygen atoms in total. The van der Waals surface area contributed by atoms with Crippen molar-refractivity contribution in [2.45, 2.75) is 12.8 Å². The van der Waals surface area contributed by atoms with Crippen molar-refractivity contribution in [2.24, 2.45) is 0 Å². The van der Waals surface area contributed by atoms with Crippen LogP contribution in [-0.4, -0.2) is 31.0 Å². The maximum Gasteiger partial charge on any atom is 0.327 e. The average molecular weight is 192 g/mol. The fraction of sp³-hybridized carbons (Fsp3) is 0.571. The summed E-state index contributed by atoms with van der Waals surface area (Å²) in [6.45, 7) is 2.96. The minimum Gasteiger partial charge on any atom is -0.478 e. The summed E-state index contributed by atoms with van der Waals surface area (Å²) in [5.74, 6) is -0.134. The molecule has 1 rings (SSSR count). The summed E-state index contributed by atoms with van der Waals surface area (Å²) in [6.07, 6.45) is 2.59. The molecule has 1 fully saturated rings.